The van der Waals surface area contributed by atoms with Gasteiger partial charge in [0.15, 0.2) is 11.1 Å². The highest BCUT2D eigenvalue weighted by atomic mass is 35.5. The van der Waals surface area contributed by atoms with E-state index in [2.05, 4.69) is 4.99 Å². The molecule has 0 aromatic carbocycles. The molecule has 0 amide bonds. The molecule has 0 aliphatic rings. The quantitative estimate of drug-likeness (QED) is 0.266. The average Bonchev–Trinajstić information content (AvgIpc) is 1.86. The molecule has 0 spiro atoms. The maximum Gasteiger partial charge on any atom is 0.193 e. The zero-order chi connectivity index (χ0) is 8.69. The van der Waals surface area contributed by atoms with Crippen molar-refractivity contribution in [3.8, 4) is 0 Å². The molecule has 0 fully saturated rings. The highest BCUT2D eigenvalue weighted by molar-refractivity contribution is 8.13. The summed E-state index contributed by atoms with van der Waals surface area (Å²) < 4.78 is 0. The molecule has 0 aromatic rings. The van der Waals surface area contributed by atoms with Gasteiger partial charge in [0, 0.05) is 11.6 Å². The molecular formula is C5H11ClN4S. The molecule has 0 bridgehead atoms. The number of aliphatic imine (C=N–C) groups is 1. The molecule has 4 nitrogen and oxygen atoms in total. The minimum Gasteiger partial charge on any atom is -0.370 e. The maximum absolute atomic E-state index is 7.17. The molecule has 0 saturated heterocycles. The number of guanidine groups is 1. The van der Waals surface area contributed by atoms with Gasteiger partial charge < -0.3 is 11.5 Å². The predicted octanol–water partition coefficient (Wildman–Crippen LogP) is 0.557. The van der Waals surface area contributed by atoms with Crippen LogP contribution < -0.4 is 11.5 Å². The Morgan fingerprint density at radius 3 is 2.64 bits per heavy atom. The third kappa shape index (κ3) is 7.48. The number of amidine groups is 1. The van der Waals surface area contributed by atoms with Crippen molar-refractivity contribution in [3.05, 3.63) is 0 Å². The molecule has 0 radical (unpaired) electrons. The van der Waals surface area contributed by atoms with Crippen molar-refractivity contribution in [3.63, 3.8) is 0 Å². The predicted molar refractivity (Wildman–Crippen MR) is 51.3 cm³/mol. The summed E-state index contributed by atoms with van der Waals surface area (Å²) in [6.07, 6.45) is 0.856. The highest BCUT2D eigenvalue weighted by Gasteiger charge is 1.94. The molecule has 64 valence electrons. The van der Waals surface area contributed by atoms with Crippen LogP contribution in [0.25, 0.3) is 0 Å². The molecule has 0 aliphatic heterocycles. The zero-order valence-corrected chi connectivity index (χ0v) is 7.58. The van der Waals surface area contributed by atoms with E-state index in [1.807, 2.05) is 0 Å². The van der Waals surface area contributed by atoms with E-state index >= 15 is 0 Å². The van der Waals surface area contributed by atoms with Crippen LogP contribution in [0.4, 0.5) is 0 Å². The lowest BCUT2D eigenvalue weighted by Gasteiger charge is -1.95. The highest BCUT2D eigenvalue weighted by Crippen LogP contribution is 2.05. The van der Waals surface area contributed by atoms with Gasteiger partial charge in [0.1, 0.15) is 0 Å². The molecule has 0 rings (SSSR count). The van der Waals surface area contributed by atoms with E-state index in [0.29, 0.717) is 5.88 Å². The molecule has 0 aromatic heterocycles. The second-order valence-corrected chi connectivity index (χ2v) is 3.19. The number of alkyl halides is 1. The first-order valence-corrected chi connectivity index (χ1v) is 4.55. The topological polar surface area (TPSA) is 88.2 Å². The largest absolute Gasteiger partial charge is 0.370 e. The minimum atomic E-state index is -0.0756. The van der Waals surface area contributed by atoms with Crippen LogP contribution in [-0.4, -0.2) is 22.8 Å². The van der Waals surface area contributed by atoms with E-state index in [-0.39, 0.29) is 11.1 Å². The summed E-state index contributed by atoms with van der Waals surface area (Å²) in [6.45, 7) is 0. The second-order valence-electron chi connectivity index (χ2n) is 1.73. The van der Waals surface area contributed by atoms with E-state index < -0.39 is 0 Å². The Morgan fingerprint density at radius 1 is 1.55 bits per heavy atom. The molecular weight excluding hydrogens is 184 g/mol. The van der Waals surface area contributed by atoms with Crippen LogP contribution in [-0.2, 0) is 0 Å². The lowest BCUT2D eigenvalue weighted by molar-refractivity contribution is 1.12. The number of rotatable bonds is 3. The number of halogens is 1. The van der Waals surface area contributed by atoms with Gasteiger partial charge in [0.05, 0.1) is 0 Å². The Labute approximate surface area is 74.9 Å². The number of nitrogens with zero attached hydrogens (tertiary/aromatic N) is 1. The standard InChI is InChI=1S/C5H11ClN4S/c6-2-1-3-11-5(9)10-4(7)8/h1-3H2,(H5,7,8,9,10). The van der Waals surface area contributed by atoms with Gasteiger partial charge in [0.2, 0.25) is 0 Å². The molecule has 0 aliphatic carbocycles. The SMILES string of the molecule is N=C(N=C(N)N)SCCCCl. The van der Waals surface area contributed by atoms with Crippen molar-refractivity contribution >= 4 is 34.5 Å². The number of thioether (sulfide) groups is 1. The van der Waals surface area contributed by atoms with Crippen molar-refractivity contribution in [2.24, 2.45) is 16.5 Å². The van der Waals surface area contributed by atoms with Crippen LogP contribution in [0.5, 0.6) is 0 Å². The van der Waals surface area contributed by atoms with Crippen LogP contribution in [0.1, 0.15) is 6.42 Å². The molecule has 5 N–H and O–H groups in total. The zero-order valence-electron chi connectivity index (χ0n) is 6.01. The van der Waals surface area contributed by atoms with Gasteiger partial charge in [-0.25, -0.2) is 0 Å². The summed E-state index contributed by atoms with van der Waals surface area (Å²) in [5, 5.41) is 7.30. The number of hydrogen-bond acceptors (Lipinski definition) is 2. The number of hydrogen-bond donors (Lipinski definition) is 3. The lowest BCUT2D eigenvalue weighted by Crippen LogP contribution is -2.23. The van der Waals surface area contributed by atoms with Crippen LogP contribution in [0, 0.1) is 5.41 Å². The molecule has 0 saturated carbocycles. The van der Waals surface area contributed by atoms with Crippen molar-refractivity contribution < 1.29 is 0 Å². The smallest absolute Gasteiger partial charge is 0.193 e. The molecule has 0 atom stereocenters. The first-order chi connectivity index (χ1) is 5.16. The van der Waals surface area contributed by atoms with Crippen LogP contribution in [0.3, 0.4) is 0 Å². The fourth-order valence-electron chi connectivity index (χ4n) is 0.373. The van der Waals surface area contributed by atoms with E-state index in [1.54, 1.807) is 0 Å². The summed E-state index contributed by atoms with van der Waals surface area (Å²) >= 11 is 6.70. The van der Waals surface area contributed by atoms with Gasteiger partial charge in [0.25, 0.3) is 0 Å². The Morgan fingerprint density at radius 2 is 2.18 bits per heavy atom. The number of nitrogens with one attached hydrogen (secondary N) is 1. The van der Waals surface area contributed by atoms with Crippen molar-refractivity contribution in [1.82, 2.24) is 0 Å². The molecule has 6 heteroatoms. The van der Waals surface area contributed by atoms with E-state index in [4.69, 9.17) is 28.5 Å². The fraction of sp³-hybridized carbons (Fsp3) is 0.600. The van der Waals surface area contributed by atoms with Crippen molar-refractivity contribution in [1.29, 1.82) is 5.41 Å². The van der Waals surface area contributed by atoms with Crippen molar-refractivity contribution in [2.45, 2.75) is 6.42 Å². The van der Waals surface area contributed by atoms with E-state index in [0.717, 1.165) is 12.2 Å². The van der Waals surface area contributed by atoms with E-state index in [9.17, 15) is 0 Å². The summed E-state index contributed by atoms with van der Waals surface area (Å²) in [6, 6.07) is 0. The summed E-state index contributed by atoms with van der Waals surface area (Å²) in [5.41, 5.74) is 10.1. The van der Waals surface area contributed by atoms with Gasteiger partial charge in [-0.1, -0.05) is 11.8 Å². The van der Waals surface area contributed by atoms with Gasteiger partial charge in [-0.15, -0.1) is 11.6 Å². The normalized spacial score (nSPS) is 9.18. The van der Waals surface area contributed by atoms with E-state index in [1.165, 1.54) is 11.8 Å². The third-order valence-corrected chi connectivity index (χ3v) is 1.87. The van der Waals surface area contributed by atoms with Gasteiger partial charge in [-0.2, -0.15) is 4.99 Å². The molecule has 0 unspecified atom stereocenters. The third-order valence-electron chi connectivity index (χ3n) is 0.747. The van der Waals surface area contributed by atoms with Gasteiger partial charge in [-0.3, -0.25) is 5.41 Å². The monoisotopic (exact) mass is 194 g/mol. The average molecular weight is 195 g/mol. The fourth-order valence-corrected chi connectivity index (χ4v) is 1.32. The number of nitrogens with two attached hydrogens (primary N) is 2. The maximum atomic E-state index is 7.17. The summed E-state index contributed by atoms with van der Waals surface area (Å²) in [7, 11) is 0. The summed E-state index contributed by atoms with van der Waals surface area (Å²) in [4.78, 5) is 3.52. The van der Waals surface area contributed by atoms with Gasteiger partial charge in [-0.05, 0) is 6.42 Å². The Balaban J connectivity index is 3.46. The second kappa shape index (κ2) is 6.30. The minimum absolute atomic E-state index is 0.0756. The first kappa shape index (κ1) is 10.6. The van der Waals surface area contributed by atoms with Crippen molar-refractivity contribution in [2.75, 3.05) is 11.6 Å². The Kier molecular flexibility index (Phi) is 6.06. The van der Waals surface area contributed by atoms with Crippen LogP contribution in [0.2, 0.25) is 0 Å². The van der Waals surface area contributed by atoms with Crippen LogP contribution >= 0.6 is 23.4 Å². The Bertz CT molecular complexity index is 155. The van der Waals surface area contributed by atoms with Gasteiger partial charge >= 0.3 is 0 Å². The first-order valence-electron chi connectivity index (χ1n) is 3.03. The lowest BCUT2D eigenvalue weighted by atomic mass is 10.6. The Hall–Kier alpha value is -0.420. The molecule has 11 heavy (non-hydrogen) atoms. The molecule has 0 heterocycles. The van der Waals surface area contributed by atoms with Crippen LogP contribution in [0.15, 0.2) is 4.99 Å². The summed E-state index contributed by atoms with van der Waals surface area (Å²) in [5.74, 6) is 1.30.